The summed E-state index contributed by atoms with van der Waals surface area (Å²) >= 11 is 0. The summed E-state index contributed by atoms with van der Waals surface area (Å²) in [4.78, 5) is 26.0. The molecule has 1 aromatic heterocycles. The summed E-state index contributed by atoms with van der Waals surface area (Å²) in [5.74, 6) is -0.716. The maximum absolute atomic E-state index is 13.3. The molecule has 4 rings (SSSR count). The molecule has 4 aromatic rings. The molecule has 0 aliphatic rings. The molecule has 9 nitrogen and oxygen atoms in total. The number of hydrogen-bond donors (Lipinski definition) is 5. The van der Waals surface area contributed by atoms with Gasteiger partial charge in [0, 0.05) is 10.9 Å². The van der Waals surface area contributed by atoms with Gasteiger partial charge >= 0.3 is 19.9 Å². The highest BCUT2D eigenvalue weighted by Gasteiger charge is 2.25. The van der Waals surface area contributed by atoms with Crippen LogP contribution in [0, 0.1) is 0 Å². The quantitative estimate of drug-likeness (QED) is 0.246. The van der Waals surface area contributed by atoms with Crippen molar-refractivity contribution in [3.63, 3.8) is 0 Å². The lowest BCUT2D eigenvalue weighted by molar-refractivity contribution is 0.422. The first-order valence-electron chi connectivity index (χ1n) is 9.23. The Kier molecular flexibility index (Phi) is 5.25. The number of hydrogen-bond acceptors (Lipinski definition) is 7. The lowest BCUT2D eigenvalue weighted by atomic mass is 9.75. The van der Waals surface area contributed by atoms with Crippen molar-refractivity contribution in [3.05, 3.63) is 87.6 Å². The average Bonchev–Trinajstić information content (AvgIpc) is 2.73. The molecule has 0 radical (unpaired) electrons. The fourth-order valence-corrected chi connectivity index (χ4v) is 3.64. The Hall–Kier alpha value is -3.63. The molecule has 1 heterocycles. The predicted octanol–water partition coefficient (Wildman–Crippen LogP) is -1.79. The molecular formula is C20H16B2N2O7. The molecule has 0 unspecified atom stereocenters. The van der Waals surface area contributed by atoms with Crippen LogP contribution in [0.2, 0.25) is 0 Å². The highest BCUT2D eigenvalue weighted by molar-refractivity contribution is 6.63. The number of aromatic nitrogens is 2. The van der Waals surface area contributed by atoms with Crippen LogP contribution in [0.4, 0.5) is 0 Å². The van der Waals surface area contributed by atoms with Gasteiger partial charge in [-0.1, -0.05) is 48.5 Å². The molecule has 0 spiro atoms. The highest BCUT2D eigenvalue weighted by atomic mass is 16.4. The Labute approximate surface area is 175 Å². The smallest absolute Gasteiger partial charge is 0.491 e. The predicted molar refractivity (Wildman–Crippen MR) is 116 cm³/mol. The van der Waals surface area contributed by atoms with E-state index in [1.165, 1.54) is 30.3 Å². The van der Waals surface area contributed by atoms with Gasteiger partial charge in [-0.2, -0.15) is 0 Å². The van der Waals surface area contributed by atoms with E-state index in [9.17, 15) is 34.8 Å². The van der Waals surface area contributed by atoms with Gasteiger partial charge in [-0.25, -0.2) is 13.9 Å². The molecule has 0 atom stereocenters. The summed E-state index contributed by atoms with van der Waals surface area (Å²) in [6.45, 7) is 0. The van der Waals surface area contributed by atoms with Crippen molar-refractivity contribution < 1.29 is 25.2 Å². The van der Waals surface area contributed by atoms with E-state index in [0.717, 1.165) is 10.6 Å². The molecule has 0 saturated carbocycles. The van der Waals surface area contributed by atoms with Crippen LogP contribution in [0.5, 0.6) is 5.88 Å². The SMILES string of the molecule is O=c1cc(O)n(-c2ccccc2B(O)O)c(=O)n1-c1ccc2ccccc2c1B(O)O. The summed E-state index contributed by atoms with van der Waals surface area (Å²) in [6, 6.07) is 16.3. The maximum Gasteiger partial charge on any atom is 0.491 e. The van der Waals surface area contributed by atoms with Crippen LogP contribution < -0.4 is 22.2 Å². The standard InChI is InChI=1S/C20H16B2N2O7/c25-17-11-18(26)24(20(27)23(17)15-8-4-3-7-14(15)21(28)29)16-10-9-12-5-1-2-6-13(12)19(16)22(30)31/h1-11,25,28-31H. The van der Waals surface area contributed by atoms with E-state index in [2.05, 4.69) is 0 Å². The lowest BCUT2D eigenvalue weighted by Crippen LogP contribution is -2.45. The van der Waals surface area contributed by atoms with Gasteiger partial charge in [0.05, 0.1) is 17.4 Å². The normalized spacial score (nSPS) is 11.0. The van der Waals surface area contributed by atoms with Gasteiger partial charge < -0.3 is 25.2 Å². The van der Waals surface area contributed by atoms with Crippen LogP contribution in [0.25, 0.3) is 22.1 Å². The van der Waals surface area contributed by atoms with Gasteiger partial charge in [-0.05, 0) is 22.9 Å². The first-order valence-corrected chi connectivity index (χ1v) is 9.23. The summed E-state index contributed by atoms with van der Waals surface area (Å²) in [6.07, 6.45) is 0. The van der Waals surface area contributed by atoms with Gasteiger partial charge in [0.15, 0.2) is 0 Å². The number of aromatic hydroxyl groups is 1. The van der Waals surface area contributed by atoms with E-state index >= 15 is 0 Å². The summed E-state index contributed by atoms with van der Waals surface area (Å²) in [7, 11) is -3.94. The van der Waals surface area contributed by atoms with Crippen molar-refractivity contribution in [3.8, 4) is 17.3 Å². The van der Waals surface area contributed by atoms with Crippen LogP contribution in [0.1, 0.15) is 0 Å². The topological polar surface area (TPSA) is 145 Å². The van der Waals surface area contributed by atoms with Crippen molar-refractivity contribution >= 4 is 35.9 Å². The average molecular weight is 418 g/mol. The van der Waals surface area contributed by atoms with Crippen molar-refractivity contribution in [1.82, 2.24) is 9.13 Å². The minimum atomic E-state index is -2.00. The number of fused-ring (bicyclic) bond motifs is 1. The Morgan fingerprint density at radius 3 is 2.10 bits per heavy atom. The zero-order chi connectivity index (χ0) is 22.3. The molecular weight excluding hydrogens is 402 g/mol. The zero-order valence-electron chi connectivity index (χ0n) is 16.0. The molecule has 5 N–H and O–H groups in total. The van der Waals surface area contributed by atoms with Gasteiger partial charge in [0.2, 0.25) is 5.88 Å². The van der Waals surface area contributed by atoms with E-state index in [1.54, 1.807) is 30.3 Å². The van der Waals surface area contributed by atoms with Gasteiger partial charge in [-0.15, -0.1) is 0 Å². The van der Waals surface area contributed by atoms with E-state index in [1.807, 2.05) is 0 Å². The lowest BCUT2D eigenvalue weighted by Gasteiger charge is -2.17. The second-order valence-corrected chi connectivity index (χ2v) is 6.82. The van der Waals surface area contributed by atoms with Crippen molar-refractivity contribution in [2.75, 3.05) is 0 Å². The summed E-state index contributed by atoms with van der Waals surface area (Å²) < 4.78 is 1.42. The fraction of sp³-hybridized carbons (Fsp3) is 0. The van der Waals surface area contributed by atoms with Gasteiger partial charge in [-0.3, -0.25) is 4.79 Å². The molecule has 0 saturated heterocycles. The van der Waals surface area contributed by atoms with Crippen LogP contribution in [-0.2, 0) is 0 Å². The van der Waals surface area contributed by atoms with Crippen LogP contribution in [0.15, 0.2) is 76.3 Å². The van der Waals surface area contributed by atoms with Gasteiger partial charge in [0.25, 0.3) is 5.56 Å². The second-order valence-electron chi connectivity index (χ2n) is 6.82. The third-order valence-electron chi connectivity index (χ3n) is 4.99. The number of para-hydroxylation sites is 1. The minimum absolute atomic E-state index is 0.0550. The Balaban J connectivity index is 2.10. The molecule has 11 heteroatoms. The summed E-state index contributed by atoms with van der Waals surface area (Å²) in [5, 5.41) is 50.8. The van der Waals surface area contributed by atoms with E-state index in [0.29, 0.717) is 15.3 Å². The molecule has 0 aliphatic carbocycles. The third-order valence-corrected chi connectivity index (χ3v) is 4.99. The molecule has 3 aromatic carbocycles. The Morgan fingerprint density at radius 2 is 1.39 bits per heavy atom. The minimum Gasteiger partial charge on any atom is -0.494 e. The van der Waals surface area contributed by atoms with E-state index in [4.69, 9.17) is 0 Å². The van der Waals surface area contributed by atoms with Crippen molar-refractivity contribution in [2.45, 2.75) is 0 Å². The first-order chi connectivity index (χ1) is 14.8. The van der Waals surface area contributed by atoms with E-state index in [-0.39, 0.29) is 22.3 Å². The van der Waals surface area contributed by atoms with Crippen molar-refractivity contribution in [1.29, 1.82) is 0 Å². The monoisotopic (exact) mass is 418 g/mol. The third kappa shape index (κ3) is 3.45. The van der Waals surface area contributed by atoms with E-state index < -0.39 is 31.4 Å². The summed E-state index contributed by atoms with van der Waals surface area (Å²) in [5.41, 5.74) is -2.22. The Bertz CT molecular complexity index is 1410. The van der Waals surface area contributed by atoms with Crippen LogP contribution in [-0.4, -0.2) is 48.6 Å². The highest BCUT2D eigenvalue weighted by Crippen LogP contribution is 2.17. The molecule has 0 bridgehead atoms. The largest absolute Gasteiger partial charge is 0.494 e. The zero-order valence-corrected chi connectivity index (χ0v) is 16.0. The molecule has 0 fully saturated rings. The molecule has 154 valence electrons. The number of nitrogens with zero attached hydrogens (tertiary/aromatic N) is 2. The molecule has 31 heavy (non-hydrogen) atoms. The molecule has 0 aliphatic heterocycles. The van der Waals surface area contributed by atoms with Crippen LogP contribution in [0.3, 0.4) is 0 Å². The second kappa shape index (κ2) is 7.89. The first kappa shape index (κ1) is 20.6. The van der Waals surface area contributed by atoms with Gasteiger partial charge in [0.1, 0.15) is 0 Å². The van der Waals surface area contributed by atoms with Crippen LogP contribution >= 0.6 is 0 Å². The van der Waals surface area contributed by atoms with Crippen molar-refractivity contribution in [2.24, 2.45) is 0 Å². The maximum atomic E-state index is 13.3. The molecule has 0 amide bonds. The number of rotatable bonds is 4. The Morgan fingerprint density at radius 1 is 0.710 bits per heavy atom. The number of benzene rings is 3. The fourth-order valence-electron chi connectivity index (χ4n) is 3.64.